The molecule has 4 heteroatoms. The summed E-state index contributed by atoms with van der Waals surface area (Å²) in [5.74, 6) is 2.56. The molecule has 1 unspecified atom stereocenters. The van der Waals surface area contributed by atoms with Crippen molar-refractivity contribution in [2.45, 2.75) is 18.9 Å². The van der Waals surface area contributed by atoms with E-state index in [1.54, 1.807) is 0 Å². The van der Waals surface area contributed by atoms with Gasteiger partial charge < -0.3 is 19.7 Å². The molecule has 0 spiro atoms. The van der Waals surface area contributed by atoms with E-state index in [1.165, 1.54) is 12.8 Å². The van der Waals surface area contributed by atoms with E-state index in [9.17, 15) is 0 Å². The van der Waals surface area contributed by atoms with E-state index in [0.29, 0.717) is 6.61 Å². The van der Waals surface area contributed by atoms with Crippen LogP contribution in [0.5, 0.6) is 11.5 Å². The molecule has 4 nitrogen and oxygen atoms in total. The summed E-state index contributed by atoms with van der Waals surface area (Å²) in [6.45, 7) is 5.05. The maximum absolute atomic E-state index is 6.01. The minimum atomic E-state index is 0.136. The van der Waals surface area contributed by atoms with Gasteiger partial charge in [-0.25, -0.2) is 0 Å². The minimum absolute atomic E-state index is 0.136. The summed E-state index contributed by atoms with van der Waals surface area (Å²) in [4.78, 5) is 2.39. The Morgan fingerprint density at radius 3 is 2.70 bits per heavy atom. The summed E-state index contributed by atoms with van der Waals surface area (Å²) in [5.41, 5.74) is 0. The molecule has 3 rings (SSSR count). The molecule has 1 aromatic carbocycles. The summed E-state index contributed by atoms with van der Waals surface area (Å²) < 4.78 is 11.8. The second-order valence-electron chi connectivity index (χ2n) is 5.91. The maximum Gasteiger partial charge on any atom is 0.161 e. The second kappa shape index (κ2) is 6.46. The van der Waals surface area contributed by atoms with E-state index in [2.05, 4.69) is 17.3 Å². The Morgan fingerprint density at radius 2 is 1.90 bits per heavy atom. The fraction of sp³-hybridized carbons (Fsp3) is 0.625. The Bertz CT molecular complexity index is 432. The lowest BCUT2D eigenvalue weighted by molar-refractivity contribution is 0.0603. The molecule has 1 atom stereocenters. The molecular formula is C16H24N2O2. The van der Waals surface area contributed by atoms with Crippen molar-refractivity contribution < 1.29 is 9.47 Å². The Hall–Kier alpha value is -1.26. The first-order valence-electron chi connectivity index (χ1n) is 7.59. The Balaban J connectivity index is 1.48. The number of nitrogens with one attached hydrogen (secondary N) is 1. The molecule has 1 saturated heterocycles. The molecule has 0 aliphatic carbocycles. The molecule has 2 heterocycles. The summed E-state index contributed by atoms with van der Waals surface area (Å²) >= 11 is 0. The van der Waals surface area contributed by atoms with Gasteiger partial charge in [-0.2, -0.15) is 0 Å². The molecule has 0 bridgehead atoms. The first-order chi connectivity index (χ1) is 9.81. The molecule has 0 saturated carbocycles. The smallest absolute Gasteiger partial charge is 0.161 e. The predicted molar refractivity (Wildman–Crippen MR) is 79.4 cm³/mol. The summed E-state index contributed by atoms with van der Waals surface area (Å²) in [6.07, 6.45) is 2.71. The third-order valence-electron chi connectivity index (χ3n) is 4.11. The van der Waals surface area contributed by atoms with Crippen LogP contribution in [0.3, 0.4) is 0 Å². The van der Waals surface area contributed by atoms with Crippen LogP contribution >= 0.6 is 0 Å². The standard InChI is InChI=1S/C16H24N2O2/c1-18(10-13-6-8-17-9-7-13)11-14-12-19-15-4-2-3-5-16(15)20-14/h2-5,13-14,17H,6-12H2,1H3. The number of hydrogen-bond acceptors (Lipinski definition) is 4. The molecule has 2 aliphatic heterocycles. The monoisotopic (exact) mass is 276 g/mol. The second-order valence-corrected chi connectivity index (χ2v) is 5.91. The Kier molecular flexibility index (Phi) is 4.43. The lowest BCUT2D eigenvalue weighted by atomic mass is 9.97. The third kappa shape index (κ3) is 3.44. The highest BCUT2D eigenvalue weighted by Gasteiger charge is 2.23. The van der Waals surface area contributed by atoms with Crippen LogP contribution in [0.15, 0.2) is 24.3 Å². The Morgan fingerprint density at radius 1 is 1.15 bits per heavy atom. The van der Waals surface area contributed by atoms with E-state index in [4.69, 9.17) is 9.47 Å². The fourth-order valence-corrected chi connectivity index (χ4v) is 3.08. The summed E-state index contributed by atoms with van der Waals surface area (Å²) in [5, 5.41) is 3.42. The zero-order valence-electron chi connectivity index (χ0n) is 12.2. The lowest BCUT2D eigenvalue weighted by Gasteiger charge is -2.32. The van der Waals surface area contributed by atoms with Crippen molar-refractivity contribution in [1.82, 2.24) is 10.2 Å². The van der Waals surface area contributed by atoms with Gasteiger partial charge in [-0.05, 0) is 51.0 Å². The molecule has 0 radical (unpaired) electrons. The number of likely N-dealkylation sites (N-methyl/N-ethyl adjacent to an activating group) is 1. The zero-order chi connectivity index (χ0) is 13.8. The van der Waals surface area contributed by atoms with Crippen LogP contribution in [-0.2, 0) is 0 Å². The molecular weight excluding hydrogens is 252 g/mol. The fourth-order valence-electron chi connectivity index (χ4n) is 3.08. The van der Waals surface area contributed by atoms with Gasteiger partial charge in [-0.15, -0.1) is 0 Å². The quantitative estimate of drug-likeness (QED) is 0.908. The molecule has 1 N–H and O–H groups in total. The van der Waals surface area contributed by atoms with Crippen molar-refractivity contribution in [3.63, 3.8) is 0 Å². The SMILES string of the molecule is CN(CC1CCNCC1)CC1COc2ccccc2O1. The van der Waals surface area contributed by atoms with Gasteiger partial charge in [0.05, 0.1) is 0 Å². The van der Waals surface area contributed by atoms with E-state index in [-0.39, 0.29) is 6.10 Å². The number of para-hydroxylation sites is 2. The van der Waals surface area contributed by atoms with Gasteiger partial charge in [0.1, 0.15) is 12.7 Å². The van der Waals surface area contributed by atoms with Crippen LogP contribution in [-0.4, -0.2) is 50.8 Å². The Labute approximate surface area is 121 Å². The van der Waals surface area contributed by atoms with Crippen molar-refractivity contribution in [2.75, 3.05) is 39.8 Å². The first-order valence-corrected chi connectivity index (χ1v) is 7.59. The van der Waals surface area contributed by atoms with Crippen molar-refractivity contribution in [1.29, 1.82) is 0 Å². The molecule has 0 amide bonds. The highest BCUT2D eigenvalue weighted by molar-refractivity contribution is 5.40. The van der Waals surface area contributed by atoms with Gasteiger partial charge in [-0.1, -0.05) is 12.1 Å². The number of fused-ring (bicyclic) bond motifs is 1. The third-order valence-corrected chi connectivity index (χ3v) is 4.11. The average molecular weight is 276 g/mol. The molecule has 2 aliphatic rings. The normalized spacial score (nSPS) is 23.0. The van der Waals surface area contributed by atoms with Crippen LogP contribution in [0.4, 0.5) is 0 Å². The largest absolute Gasteiger partial charge is 0.486 e. The zero-order valence-corrected chi connectivity index (χ0v) is 12.2. The van der Waals surface area contributed by atoms with E-state index in [0.717, 1.165) is 43.6 Å². The van der Waals surface area contributed by atoms with E-state index in [1.807, 2.05) is 24.3 Å². The van der Waals surface area contributed by atoms with Gasteiger partial charge in [0.25, 0.3) is 0 Å². The van der Waals surface area contributed by atoms with Gasteiger partial charge in [0, 0.05) is 13.1 Å². The molecule has 0 aromatic heterocycles. The van der Waals surface area contributed by atoms with Gasteiger partial charge in [0.15, 0.2) is 11.5 Å². The summed E-state index contributed by atoms with van der Waals surface area (Å²) in [6, 6.07) is 7.91. The van der Waals surface area contributed by atoms with Crippen LogP contribution in [0, 0.1) is 5.92 Å². The minimum Gasteiger partial charge on any atom is -0.486 e. The number of rotatable bonds is 4. The number of ether oxygens (including phenoxy) is 2. The van der Waals surface area contributed by atoms with Gasteiger partial charge >= 0.3 is 0 Å². The van der Waals surface area contributed by atoms with Crippen LogP contribution < -0.4 is 14.8 Å². The average Bonchev–Trinajstić information content (AvgIpc) is 2.48. The van der Waals surface area contributed by atoms with Crippen LogP contribution in [0.1, 0.15) is 12.8 Å². The number of nitrogens with zero attached hydrogens (tertiary/aromatic N) is 1. The highest BCUT2D eigenvalue weighted by Crippen LogP contribution is 2.31. The van der Waals surface area contributed by atoms with Crippen molar-refractivity contribution in [3.8, 4) is 11.5 Å². The predicted octanol–water partition coefficient (Wildman–Crippen LogP) is 1.76. The van der Waals surface area contributed by atoms with Gasteiger partial charge in [-0.3, -0.25) is 0 Å². The number of benzene rings is 1. The van der Waals surface area contributed by atoms with Crippen LogP contribution in [0.2, 0.25) is 0 Å². The van der Waals surface area contributed by atoms with Gasteiger partial charge in [0.2, 0.25) is 0 Å². The molecule has 1 fully saturated rings. The number of piperidine rings is 1. The summed E-state index contributed by atoms with van der Waals surface area (Å²) in [7, 11) is 2.19. The van der Waals surface area contributed by atoms with Crippen molar-refractivity contribution in [3.05, 3.63) is 24.3 Å². The lowest BCUT2D eigenvalue weighted by Crippen LogP contribution is -2.42. The molecule has 1 aromatic rings. The van der Waals surface area contributed by atoms with E-state index < -0.39 is 0 Å². The first kappa shape index (κ1) is 13.7. The molecule has 110 valence electrons. The highest BCUT2D eigenvalue weighted by atomic mass is 16.6. The molecule has 20 heavy (non-hydrogen) atoms. The topological polar surface area (TPSA) is 33.7 Å². The maximum atomic E-state index is 6.01. The van der Waals surface area contributed by atoms with Crippen molar-refractivity contribution >= 4 is 0 Å². The van der Waals surface area contributed by atoms with Crippen molar-refractivity contribution in [2.24, 2.45) is 5.92 Å². The number of hydrogen-bond donors (Lipinski definition) is 1. The van der Waals surface area contributed by atoms with E-state index >= 15 is 0 Å². The van der Waals surface area contributed by atoms with Crippen LogP contribution in [0.25, 0.3) is 0 Å².